The van der Waals surface area contributed by atoms with Gasteiger partial charge in [0.05, 0.1) is 39.9 Å². The van der Waals surface area contributed by atoms with Crippen molar-refractivity contribution in [2.45, 2.75) is 231 Å². The Balaban J connectivity index is 4.32. The molecule has 65 heavy (non-hydrogen) atoms. The van der Waals surface area contributed by atoms with Gasteiger partial charge in [-0.1, -0.05) is 215 Å². The highest BCUT2D eigenvalue weighted by molar-refractivity contribution is 7.47. The van der Waals surface area contributed by atoms with Crippen molar-refractivity contribution in [3.8, 4) is 0 Å². The summed E-state index contributed by atoms with van der Waals surface area (Å²) >= 11 is 0. The molecule has 4 unspecified atom stereocenters. The van der Waals surface area contributed by atoms with E-state index < -0.39 is 38.6 Å². The zero-order valence-electron chi connectivity index (χ0n) is 42.6. The van der Waals surface area contributed by atoms with Crippen molar-refractivity contribution in [2.24, 2.45) is 0 Å². The van der Waals surface area contributed by atoms with Gasteiger partial charge in [0.1, 0.15) is 19.3 Å². The van der Waals surface area contributed by atoms with Gasteiger partial charge in [-0.15, -0.1) is 0 Å². The first-order valence-corrected chi connectivity index (χ1v) is 27.9. The molecule has 0 rings (SSSR count). The Bertz CT molecular complexity index is 1300. The fourth-order valence-corrected chi connectivity index (χ4v) is 7.98. The number of likely N-dealkylation sites (N-methyl/N-ethyl adjacent to an activating group) is 1. The van der Waals surface area contributed by atoms with E-state index in [0.29, 0.717) is 17.4 Å². The summed E-state index contributed by atoms with van der Waals surface area (Å²) in [5.41, 5.74) is 0. The lowest BCUT2D eigenvalue weighted by atomic mass is 10.0. The maximum absolute atomic E-state index is 13.0. The highest BCUT2D eigenvalue weighted by Gasteiger charge is 2.29. The highest BCUT2D eigenvalue weighted by atomic mass is 31.2. The van der Waals surface area contributed by atoms with Crippen molar-refractivity contribution in [2.75, 3.05) is 40.9 Å². The molecule has 0 spiro atoms. The molecule has 0 saturated carbocycles. The molecule has 0 saturated heterocycles. The zero-order chi connectivity index (χ0) is 48.0. The number of amides is 1. The monoisotopic (exact) mass is 934 g/mol. The van der Waals surface area contributed by atoms with Gasteiger partial charge in [0, 0.05) is 0 Å². The number of quaternary nitrogens is 1. The Morgan fingerprint density at radius 2 is 0.908 bits per heavy atom. The summed E-state index contributed by atoms with van der Waals surface area (Å²) in [6.07, 6.45) is 59.0. The van der Waals surface area contributed by atoms with Gasteiger partial charge < -0.3 is 24.9 Å². The van der Waals surface area contributed by atoms with Crippen LogP contribution >= 0.6 is 7.82 Å². The Morgan fingerprint density at radius 3 is 1.35 bits per heavy atom. The maximum atomic E-state index is 13.0. The first-order chi connectivity index (χ1) is 31.4. The SMILES string of the molecule is CCCCC/C=C\C/C=C\C/C=C\C/C=C\C/C=C\CCCCCCCCCCCC(O)C(=O)NC(COP(=O)(O)OCC[N+](C)(C)C)C(O)/C=C/CCCCCCCCCCCCC. The van der Waals surface area contributed by atoms with Crippen LogP contribution in [0.2, 0.25) is 0 Å². The number of phosphoric ester groups is 1. The van der Waals surface area contributed by atoms with Crippen LogP contribution in [0.5, 0.6) is 0 Å². The molecular weight excluding hydrogens is 832 g/mol. The number of nitrogens with one attached hydrogen (secondary N) is 1. The fraction of sp³-hybridized carbons (Fsp3) is 0.764. The molecule has 10 heteroatoms. The molecule has 4 atom stereocenters. The number of allylic oxidation sites excluding steroid dienone is 11. The normalized spacial score (nSPS) is 15.1. The van der Waals surface area contributed by atoms with E-state index in [9.17, 15) is 24.5 Å². The number of phosphoric acid groups is 1. The molecule has 0 aromatic rings. The summed E-state index contributed by atoms with van der Waals surface area (Å²) in [6.45, 7) is 4.56. The summed E-state index contributed by atoms with van der Waals surface area (Å²) in [5.74, 6) is -0.625. The van der Waals surface area contributed by atoms with Gasteiger partial charge in [-0.25, -0.2) is 4.57 Å². The van der Waals surface area contributed by atoms with Crippen molar-refractivity contribution in [1.29, 1.82) is 0 Å². The number of rotatable bonds is 47. The third-order valence-corrected chi connectivity index (χ3v) is 12.5. The topological polar surface area (TPSA) is 125 Å². The Labute approximate surface area is 400 Å². The predicted octanol–water partition coefficient (Wildman–Crippen LogP) is 14.5. The number of nitrogens with zero attached hydrogens (tertiary/aromatic N) is 1. The summed E-state index contributed by atoms with van der Waals surface area (Å²) in [5, 5.41) is 24.3. The molecule has 0 aromatic heterocycles. The molecule has 4 N–H and O–H groups in total. The number of hydrogen-bond donors (Lipinski definition) is 4. The largest absolute Gasteiger partial charge is 0.472 e. The second kappa shape index (κ2) is 45.7. The predicted molar refractivity (Wildman–Crippen MR) is 278 cm³/mol. The van der Waals surface area contributed by atoms with Gasteiger partial charge in [0.15, 0.2) is 0 Å². The second-order valence-corrected chi connectivity index (χ2v) is 20.5. The molecule has 0 heterocycles. The van der Waals surface area contributed by atoms with Crippen molar-refractivity contribution in [1.82, 2.24) is 5.32 Å². The van der Waals surface area contributed by atoms with Crippen LogP contribution in [0, 0.1) is 0 Å². The maximum Gasteiger partial charge on any atom is 0.472 e. The molecule has 0 aromatic carbocycles. The van der Waals surface area contributed by atoms with E-state index in [1.807, 2.05) is 27.2 Å². The van der Waals surface area contributed by atoms with Crippen LogP contribution in [-0.2, 0) is 18.4 Å². The Hall–Kier alpha value is -2.10. The molecule has 0 fully saturated rings. The van der Waals surface area contributed by atoms with E-state index in [0.717, 1.165) is 77.0 Å². The quantitative estimate of drug-likeness (QED) is 0.0207. The van der Waals surface area contributed by atoms with E-state index >= 15 is 0 Å². The number of unbranched alkanes of at least 4 members (excludes halogenated alkanes) is 23. The van der Waals surface area contributed by atoms with Crippen LogP contribution in [0.15, 0.2) is 72.9 Å². The highest BCUT2D eigenvalue weighted by Crippen LogP contribution is 2.43. The summed E-state index contributed by atoms with van der Waals surface area (Å²) in [4.78, 5) is 23.3. The fourth-order valence-electron chi connectivity index (χ4n) is 7.24. The first kappa shape index (κ1) is 62.9. The lowest BCUT2D eigenvalue weighted by Gasteiger charge is -2.26. The minimum atomic E-state index is -4.42. The summed E-state index contributed by atoms with van der Waals surface area (Å²) in [7, 11) is 1.42. The summed E-state index contributed by atoms with van der Waals surface area (Å²) in [6, 6.07) is -1.03. The van der Waals surface area contributed by atoms with Gasteiger partial charge in [0.25, 0.3) is 0 Å². The van der Waals surface area contributed by atoms with E-state index in [1.165, 1.54) is 116 Å². The van der Waals surface area contributed by atoms with E-state index in [1.54, 1.807) is 6.08 Å². The third-order valence-electron chi connectivity index (χ3n) is 11.5. The standard InChI is InChI=1S/C55H101N2O7P/c1-6-8-10-12-14-16-18-20-21-22-23-24-25-26-27-28-29-30-31-32-33-34-36-38-40-42-44-46-48-54(59)55(60)56-52(51-64-65(61,62)63-50-49-57(3,4)5)53(58)47-45-43-41-39-37-35-19-17-15-13-11-9-7-2/h14,16,20-21,23-24,26-27,29-30,45,47,52-54,58-59H,6-13,15,17-19,22,25,28,31-44,46,48-51H2,1-5H3,(H-,56,60,61,62)/p+1/b16-14-,21-20-,24-23-,27-26-,30-29-,47-45+. The van der Waals surface area contributed by atoms with Crippen molar-refractivity contribution >= 4 is 13.7 Å². The van der Waals surface area contributed by atoms with Gasteiger partial charge in [0.2, 0.25) is 5.91 Å². The summed E-state index contributed by atoms with van der Waals surface area (Å²) < 4.78 is 23.5. The minimum absolute atomic E-state index is 0.0148. The molecule has 0 aliphatic rings. The molecule has 1 amide bonds. The minimum Gasteiger partial charge on any atom is -0.387 e. The van der Waals surface area contributed by atoms with Crippen LogP contribution in [-0.4, -0.2) is 84.6 Å². The zero-order valence-corrected chi connectivity index (χ0v) is 43.5. The average Bonchev–Trinajstić information content (AvgIpc) is 3.26. The van der Waals surface area contributed by atoms with Crippen molar-refractivity contribution in [3.63, 3.8) is 0 Å². The molecule has 378 valence electrons. The lowest BCUT2D eigenvalue weighted by Crippen LogP contribution is -2.49. The van der Waals surface area contributed by atoms with Gasteiger partial charge in [-0.3, -0.25) is 13.8 Å². The van der Waals surface area contributed by atoms with E-state index in [4.69, 9.17) is 9.05 Å². The number of carbonyl (C=O) groups excluding carboxylic acids is 1. The third kappa shape index (κ3) is 46.8. The number of aliphatic hydroxyl groups excluding tert-OH is 2. The molecule has 0 aliphatic heterocycles. The smallest absolute Gasteiger partial charge is 0.387 e. The first-order valence-electron chi connectivity index (χ1n) is 26.4. The molecule has 0 radical (unpaired) electrons. The van der Waals surface area contributed by atoms with Gasteiger partial charge >= 0.3 is 7.82 Å². The molecular formula is C55H102N2O7P+. The average molecular weight is 934 g/mol. The molecule has 0 aliphatic carbocycles. The van der Waals surface area contributed by atoms with Crippen molar-refractivity contribution in [3.05, 3.63) is 72.9 Å². The van der Waals surface area contributed by atoms with Crippen LogP contribution in [0.1, 0.15) is 213 Å². The molecule has 0 bridgehead atoms. The van der Waals surface area contributed by atoms with Crippen molar-refractivity contribution < 1.29 is 38.0 Å². The Kier molecular flexibility index (Phi) is 44.2. The van der Waals surface area contributed by atoms with Crippen LogP contribution in [0.3, 0.4) is 0 Å². The van der Waals surface area contributed by atoms with Crippen LogP contribution in [0.25, 0.3) is 0 Å². The number of hydrogen-bond acceptors (Lipinski definition) is 6. The number of aliphatic hydroxyl groups is 2. The van der Waals surface area contributed by atoms with Crippen LogP contribution < -0.4 is 5.32 Å². The molecule has 9 nitrogen and oxygen atoms in total. The second-order valence-electron chi connectivity index (χ2n) is 19.0. The lowest BCUT2D eigenvalue weighted by molar-refractivity contribution is -0.870. The van der Waals surface area contributed by atoms with E-state index in [-0.39, 0.29) is 6.61 Å². The Morgan fingerprint density at radius 1 is 0.538 bits per heavy atom. The van der Waals surface area contributed by atoms with Gasteiger partial charge in [-0.05, 0) is 70.6 Å². The number of carbonyl (C=O) groups is 1. The van der Waals surface area contributed by atoms with Gasteiger partial charge in [-0.2, -0.15) is 0 Å². The van der Waals surface area contributed by atoms with E-state index in [2.05, 4.69) is 79.9 Å². The van der Waals surface area contributed by atoms with Crippen LogP contribution in [0.4, 0.5) is 0 Å².